The second-order valence-corrected chi connectivity index (χ2v) is 8.18. The maximum Gasteiger partial charge on any atom is 0.276 e. The smallest absolute Gasteiger partial charge is 0.276 e. The van der Waals surface area contributed by atoms with Crippen LogP contribution in [0.4, 0.5) is 4.39 Å². The number of amides is 1. The van der Waals surface area contributed by atoms with E-state index in [9.17, 15) is 9.18 Å². The number of thiazole rings is 1. The van der Waals surface area contributed by atoms with Crippen LogP contribution in [0, 0.1) is 5.92 Å². The van der Waals surface area contributed by atoms with Crippen molar-refractivity contribution in [2.75, 3.05) is 19.9 Å². The number of nitrogens with zero attached hydrogens (tertiary/aromatic N) is 2. The number of ether oxygens (including phenoxy) is 3. The quantitative estimate of drug-likeness (QED) is 0.647. The highest BCUT2D eigenvalue weighted by atomic mass is 32.1. The Balaban J connectivity index is 1.41. The second-order valence-electron chi connectivity index (χ2n) is 7.24. The van der Waals surface area contributed by atoms with Crippen LogP contribution in [0.1, 0.15) is 33.6 Å². The number of carbonyl (C=O) groups excluding carboxylic acids is 1. The molecule has 1 unspecified atom stereocenters. The third kappa shape index (κ3) is 5.75. The molecule has 0 aliphatic heterocycles. The molecule has 2 aromatic heterocycles. The summed E-state index contributed by atoms with van der Waals surface area (Å²) in [5, 5.41) is 3.22. The standard InChI is InChI=1S/C19H26FN3O4S/c1-11(21-13(3)24)9-25-15-6-14(7-15)10-26-17-5-4-16-18(23-17)28-19(22-16)27-12(2)8-20/h4-5,11-12,14-15H,6-10H2,1-3H3,(H,21,24)/t11-,12?,14?,15?/m0/s1. The summed E-state index contributed by atoms with van der Waals surface area (Å²) in [6.07, 6.45) is 1.58. The first-order valence-electron chi connectivity index (χ1n) is 9.44. The van der Waals surface area contributed by atoms with Gasteiger partial charge in [-0.05, 0) is 38.7 Å². The van der Waals surface area contributed by atoms with E-state index >= 15 is 0 Å². The molecule has 0 bridgehead atoms. The summed E-state index contributed by atoms with van der Waals surface area (Å²) in [4.78, 5) is 20.4. The zero-order valence-electron chi connectivity index (χ0n) is 16.3. The number of carbonyl (C=O) groups is 1. The van der Waals surface area contributed by atoms with Crippen molar-refractivity contribution in [1.29, 1.82) is 0 Å². The van der Waals surface area contributed by atoms with Crippen molar-refractivity contribution in [3.8, 4) is 11.1 Å². The van der Waals surface area contributed by atoms with Gasteiger partial charge >= 0.3 is 0 Å². The number of rotatable bonds is 10. The van der Waals surface area contributed by atoms with Crippen molar-refractivity contribution < 1.29 is 23.4 Å². The van der Waals surface area contributed by atoms with Gasteiger partial charge in [-0.2, -0.15) is 0 Å². The number of fused-ring (bicyclic) bond motifs is 1. The Labute approximate surface area is 167 Å². The predicted octanol–water partition coefficient (Wildman–Crippen LogP) is 3.13. The Morgan fingerprint density at radius 2 is 2.14 bits per heavy atom. The van der Waals surface area contributed by atoms with E-state index in [1.54, 1.807) is 13.0 Å². The van der Waals surface area contributed by atoms with Crippen molar-refractivity contribution in [3.05, 3.63) is 12.1 Å². The molecule has 28 heavy (non-hydrogen) atoms. The normalized spacial score (nSPS) is 21.0. The third-order valence-corrected chi connectivity index (χ3v) is 5.28. The Bertz CT molecular complexity index is 797. The fraction of sp³-hybridized carbons (Fsp3) is 0.632. The topological polar surface area (TPSA) is 82.6 Å². The number of halogens is 1. The van der Waals surface area contributed by atoms with E-state index in [-0.39, 0.29) is 18.1 Å². The van der Waals surface area contributed by atoms with Crippen molar-refractivity contribution >= 4 is 27.6 Å². The van der Waals surface area contributed by atoms with E-state index in [0.717, 1.165) is 12.8 Å². The molecule has 1 N–H and O–H groups in total. The van der Waals surface area contributed by atoms with Crippen LogP contribution in [-0.4, -0.2) is 54.0 Å². The zero-order chi connectivity index (χ0) is 20.1. The largest absolute Gasteiger partial charge is 0.477 e. The fourth-order valence-corrected chi connectivity index (χ4v) is 3.81. The molecule has 2 aromatic rings. The van der Waals surface area contributed by atoms with Gasteiger partial charge in [0.1, 0.15) is 18.3 Å². The molecule has 0 radical (unpaired) electrons. The second kappa shape index (κ2) is 9.47. The molecule has 2 atom stereocenters. The number of hydrogen-bond donors (Lipinski definition) is 1. The van der Waals surface area contributed by atoms with Gasteiger partial charge in [-0.1, -0.05) is 11.3 Å². The molecule has 1 aliphatic carbocycles. The van der Waals surface area contributed by atoms with Gasteiger partial charge in [0.25, 0.3) is 5.19 Å². The van der Waals surface area contributed by atoms with Crippen LogP contribution < -0.4 is 14.8 Å². The summed E-state index contributed by atoms with van der Waals surface area (Å²) in [6.45, 7) is 5.63. The molecule has 0 spiro atoms. The molecule has 0 aromatic carbocycles. The first-order chi connectivity index (χ1) is 13.4. The van der Waals surface area contributed by atoms with Gasteiger partial charge in [-0.3, -0.25) is 4.79 Å². The monoisotopic (exact) mass is 411 g/mol. The van der Waals surface area contributed by atoms with Gasteiger partial charge in [0.2, 0.25) is 11.8 Å². The van der Waals surface area contributed by atoms with Gasteiger partial charge < -0.3 is 19.5 Å². The van der Waals surface area contributed by atoms with Crippen molar-refractivity contribution in [2.24, 2.45) is 5.92 Å². The Hall–Kier alpha value is -2.00. The van der Waals surface area contributed by atoms with Crippen LogP contribution in [0.3, 0.4) is 0 Å². The summed E-state index contributed by atoms with van der Waals surface area (Å²) < 4.78 is 29.6. The highest BCUT2D eigenvalue weighted by Gasteiger charge is 2.30. The van der Waals surface area contributed by atoms with E-state index in [2.05, 4.69) is 15.3 Å². The summed E-state index contributed by atoms with van der Waals surface area (Å²) >= 11 is 1.28. The fourth-order valence-electron chi connectivity index (χ4n) is 2.93. The van der Waals surface area contributed by atoms with Crippen LogP contribution in [-0.2, 0) is 9.53 Å². The average Bonchev–Trinajstić information content (AvgIpc) is 3.00. The minimum Gasteiger partial charge on any atom is -0.477 e. The lowest BCUT2D eigenvalue weighted by molar-refractivity contribution is -0.120. The van der Waals surface area contributed by atoms with Crippen LogP contribution >= 0.6 is 11.3 Å². The van der Waals surface area contributed by atoms with Gasteiger partial charge in [0, 0.05) is 19.0 Å². The van der Waals surface area contributed by atoms with E-state index in [1.807, 2.05) is 13.0 Å². The van der Waals surface area contributed by atoms with Gasteiger partial charge in [0.15, 0.2) is 4.83 Å². The lowest BCUT2D eigenvalue weighted by Gasteiger charge is -2.35. The average molecular weight is 411 g/mol. The maximum absolute atomic E-state index is 12.6. The zero-order valence-corrected chi connectivity index (χ0v) is 17.1. The Kier molecular flexibility index (Phi) is 7.01. The summed E-state index contributed by atoms with van der Waals surface area (Å²) in [7, 11) is 0. The molecule has 1 fully saturated rings. The third-order valence-electron chi connectivity index (χ3n) is 4.42. The SMILES string of the molecule is CC(=O)N[C@@H](C)COC1CC(COc2ccc3nc(OC(C)CF)sc3n2)C1. The van der Waals surface area contributed by atoms with Gasteiger partial charge in [0.05, 0.1) is 19.3 Å². The number of hydrogen-bond acceptors (Lipinski definition) is 7. The van der Waals surface area contributed by atoms with Crippen molar-refractivity contribution in [1.82, 2.24) is 15.3 Å². The lowest BCUT2D eigenvalue weighted by Crippen LogP contribution is -2.40. The molecule has 3 rings (SSSR count). The first kappa shape index (κ1) is 20.7. The predicted molar refractivity (Wildman–Crippen MR) is 105 cm³/mol. The number of pyridine rings is 1. The Morgan fingerprint density at radius 3 is 2.86 bits per heavy atom. The highest BCUT2D eigenvalue weighted by molar-refractivity contribution is 7.19. The van der Waals surface area contributed by atoms with Crippen molar-refractivity contribution in [3.63, 3.8) is 0 Å². The molecular formula is C19H26FN3O4S. The van der Waals surface area contributed by atoms with Crippen LogP contribution in [0.15, 0.2) is 12.1 Å². The highest BCUT2D eigenvalue weighted by Crippen LogP contribution is 2.32. The molecular weight excluding hydrogens is 385 g/mol. The number of aromatic nitrogens is 2. The lowest BCUT2D eigenvalue weighted by atomic mass is 9.83. The molecule has 9 heteroatoms. The summed E-state index contributed by atoms with van der Waals surface area (Å²) in [6, 6.07) is 3.63. The molecule has 154 valence electrons. The minimum atomic E-state index is -0.560. The van der Waals surface area contributed by atoms with Crippen LogP contribution in [0.5, 0.6) is 11.1 Å². The van der Waals surface area contributed by atoms with Gasteiger partial charge in [-0.25, -0.2) is 14.4 Å². The van der Waals surface area contributed by atoms with E-state index in [0.29, 0.717) is 40.6 Å². The van der Waals surface area contributed by atoms with E-state index in [4.69, 9.17) is 14.2 Å². The molecule has 2 heterocycles. The molecule has 7 nitrogen and oxygen atoms in total. The van der Waals surface area contributed by atoms with E-state index < -0.39 is 12.8 Å². The van der Waals surface area contributed by atoms with Gasteiger partial charge in [-0.15, -0.1) is 0 Å². The summed E-state index contributed by atoms with van der Waals surface area (Å²) in [5.74, 6) is 0.936. The molecule has 1 amide bonds. The summed E-state index contributed by atoms with van der Waals surface area (Å²) in [5.41, 5.74) is 0.712. The number of nitrogens with one attached hydrogen (secondary N) is 1. The number of alkyl halides is 1. The van der Waals surface area contributed by atoms with E-state index in [1.165, 1.54) is 18.3 Å². The molecule has 1 aliphatic rings. The maximum atomic E-state index is 12.6. The molecule has 1 saturated carbocycles. The first-order valence-corrected chi connectivity index (χ1v) is 10.3. The van der Waals surface area contributed by atoms with Crippen molar-refractivity contribution in [2.45, 2.75) is 51.9 Å². The molecule has 0 saturated heterocycles. The Morgan fingerprint density at radius 1 is 1.36 bits per heavy atom. The minimum absolute atomic E-state index is 0.0184. The van der Waals surface area contributed by atoms with Crippen LogP contribution in [0.25, 0.3) is 10.3 Å². The van der Waals surface area contributed by atoms with Crippen LogP contribution in [0.2, 0.25) is 0 Å².